The number of nitrogens with one attached hydrogen (secondary N) is 1. The maximum Gasteiger partial charge on any atom is 0.243 e. The highest BCUT2D eigenvalue weighted by Gasteiger charge is 2.33. The highest BCUT2D eigenvalue weighted by molar-refractivity contribution is 7.89. The lowest BCUT2D eigenvalue weighted by molar-refractivity contribution is -0.120. The van der Waals surface area contributed by atoms with E-state index in [-0.39, 0.29) is 17.3 Å². The minimum atomic E-state index is -3.63. The molecule has 174 valence electrons. The van der Waals surface area contributed by atoms with E-state index < -0.39 is 15.9 Å². The molecule has 0 aliphatic carbocycles. The van der Waals surface area contributed by atoms with E-state index in [1.165, 1.54) is 15.6 Å². The zero-order valence-electron chi connectivity index (χ0n) is 18.4. The molecule has 2 heterocycles. The molecule has 4 rings (SSSR count). The number of hydrogen-bond acceptors (Lipinski definition) is 7. The average molecular weight is 488 g/mol. The molecule has 1 atom stereocenters. The van der Waals surface area contributed by atoms with Crippen LogP contribution in [0.15, 0.2) is 58.8 Å². The summed E-state index contributed by atoms with van der Waals surface area (Å²) in [5, 5.41) is 5.15. The number of amides is 1. The van der Waals surface area contributed by atoms with E-state index in [9.17, 15) is 13.2 Å². The summed E-state index contributed by atoms with van der Waals surface area (Å²) in [7, 11) is -0.470. The van der Waals surface area contributed by atoms with Gasteiger partial charge >= 0.3 is 0 Å². The SMILES string of the molecule is COc1ccc(-c2csc(NC(=O)C3CCCN(S(=O)(=O)c4ccccc4)C3)n2)c(OC)c1. The molecular weight excluding hydrogens is 462 g/mol. The minimum Gasteiger partial charge on any atom is -0.497 e. The summed E-state index contributed by atoms with van der Waals surface area (Å²) in [6.45, 7) is 0.549. The van der Waals surface area contributed by atoms with Gasteiger partial charge in [-0.2, -0.15) is 4.31 Å². The fourth-order valence-electron chi connectivity index (χ4n) is 3.79. The quantitative estimate of drug-likeness (QED) is 0.543. The highest BCUT2D eigenvalue weighted by Crippen LogP contribution is 2.35. The number of methoxy groups -OCH3 is 2. The van der Waals surface area contributed by atoms with Crippen LogP contribution in [0.3, 0.4) is 0 Å². The number of thiazole rings is 1. The van der Waals surface area contributed by atoms with Crippen LogP contribution in [0.25, 0.3) is 11.3 Å². The molecule has 3 aromatic rings. The van der Waals surface area contributed by atoms with Crippen LogP contribution in [-0.4, -0.2) is 50.9 Å². The molecule has 0 radical (unpaired) electrons. The van der Waals surface area contributed by atoms with Crippen LogP contribution in [0.4, 0.5) is 5.13 Å². The van der Waals surface area contributed by atoms with E-state index in [2.05, 4.69) is 10.3 Å². The van der Waals surface area contributed by atoms with Crippen molar-refractivity contribution in [1.82, 2.24) is 9.29 Å². The largest absolute Gasteiger partial charge is 0.497 e. The summed E-state index contributed by atoms with van der Waals surface area (Å²) < 4.78 is 38.0. The van der Waals surface area contributed by atoms with E-state index in [1.807, 2.05) is 17.5 Å². The van der Waals surface area contributed by atoms with Crippen molar-refractivity contribution in [2.75, 3.05) is 32.6 Å². The van der Waals surface area contributed by atoms with E-state index >= 15 is 0 Å². The number of piperidine rings is 1. The summed E-state index contributed by atoms with van der Waals surface area (Å²) >= 11 is 1.31. The van der Waals surface area contributed by atoms with Gasteiger partial charge in [0.05, 0.1) is 30.7 Å². The van der Waals surface area contributed by atoms with Crippen molar-refractivity contribution in [3.63, 3.8) is 0 Å². The van der Waals surface area contributed by atoms with Crippen LogP contribution in [0.5, 0.6) is 11.5 Å². The van der Waals surface area contributed by atoms with Gasteiger partial charge in [-0.3, -0.25) is 4.79 Å². The Hall–Kier alpha value is -2.95. The Morgan fingerprint density at radius 3 is 2.67 bits per heavy atom. The molecule has 8 nitrogen and oxygen atoms in total. The van der Waals surface area contributed by atoms with Gasteiger partial charge in [-0.25, -0.2) is 13.4 Å². The van der Waals surface area contributed by atoms with Crippen molar-refractivity contribution in [2.45, 2.75) is 17.7 Å². The fourth-order valence-corrected chi connectivity index (χ4v) is 6.05. The predicted molar refractivity (Wildman–Crippen MR) is 127 cm³/mol. The van der Waals surface area contributed by atoms with E-state index in [0.29, 0.717) is 41.7 Å². The number of benzene rings is 2. The molecule has 1 aliphatic heterocycles. The van der Waals surface area contributed by atoms with E-state index in [0.717, 1.165) is 5.56 Å². The number of aromatic nitrogens is 1. The molecule has 0 bridgehead atoms. The number of nitrogens with zero attached hydrogens (tertiary/aromatic N) is 2. The molecule has 1 saturated heterocycles. The molecule has 1 N–H and O–H groups in total. The number of hydrogen-bond donors (Lipinski definition) is 1. The third-order valence-corrected chi connectivity index (χ3v) is 8.19. The molecule has 1 unspecified atom stereocenters. The van der Waals surface area contributed by atoms with Gasteiger partial charge in [-0.15, -0.1) is 11.3 Å². The number of rotatable bonds is 7. The number of carbonyl (C=O) groups is 1. The van der Waals surface area contributed by atoms with E-state index in [1.54, 1.807) is 50.6 Å². The van der Waals surface area contributed by atoms with Crippen molar-refractivity contribution in [3.05, 3.63) is 53.9 Å². The van der Waals surface area contributed by atoms with Crippen LogP contribution in [0, 0.1) is 5.92 Å². The Morgan fingerprint density at radius 1 is 1.15 bits per heavy atom. The maximum absolute atomic E-state index is 12.9. The zero-order valence-corrected chi connectivity index (χ0v) is 20.0. The molecule has 10 heteroatoms. The molecule has 33 heavy (non-hydrogen) atoms. The molecule has 0 spiro atoms. The first-order chi connectivity index (χ1) is 15.9. The molecule has 1 aliphatic rings. The average Bonchev–Trinajstić information content (AvgIpc) is 3.32. The van der Waals surface area contributed by atoms with Crippen LogP contribution < -0.4 is 14.8 Å². The smallest absolute Gasteiger partial charge is 0.243 e. The minimum absolute atomic E-state index is 0.146. The van der Waals surface area contributed by atoms with Crippen molar-refractivity contribution in [1.29, 1.82) is 0 Å². The van der Waals surface area contributed by atoms with Crippen LogP contribution in [0.2, 0.25) is 0 Å². The van der Waals surface area contributed by atoms with Crippen molar-refractivity contribution < 1.29 is 22.7 Å². The second-order valence-corrected chi connectivity index (χ2v) is 10.4. The number of carbonyl (C=O) groups excluding carboxylic acids is 1. The normalized spacial score (nSPS) is 16.8. The van der Waals surface area contributed by atoms with Crippen molar-refractivity contribution in [3.8, 4) is 22.8 Å². The lowest BCUT2D eigenvalue weighted by atomic mass is 9.99. The van der Waals surface area contributed by atoms with Gasteiger partial charge in [0.15, 0.2) is 5.13 Å². The van der Waals surface area contributed by atoms with Gasteiger partial charge in [0.1, 0.15) is 11.5 Å². The summed E-state index contributed by atoms with van der Waals surface area (Å²) in [5.41, 5.74) is 1.46. The van der Waals surface area contributed by atoms with E-state index in [4.69, 9.17) is 9.47 Å². The number of sulfonamides is 1. The summed E-state index contributed by atoms with van der Waals surface area (Å²) in [6.07, 6.45) is 1.24. The monoisotopic (exact) mass is 487 g/mol. The third kappa shape index (κ3) is 5.02. The molecule has 1 aromatic heterocycles. The molecule has 1 amide bonds. The predicted octanol–water partition coefficient (Wildman–Crippen LogP) is 3.87. The van der Waals surface area contributed by atoms with Gasteiger partial charge in [-0.05, 0) is 37.1 Å². The third-order valence-electron chi connectivity index (χ3n) is 5.55. The van der Waals surface area contributed by atoms with Crippen LogP contribution in [-0.2, 0) is 14.8 Å². The van der Waals surface area contributed by atoms with Gasteiger partial charge in [0.2, 0.25) is 15.9 Å². The second kappa shape index (κ2) is 9.90. The van der Waals surface area contributed by atoms with Crippen LogP contribution >= 0.6 is 11.3 Å². The second-order valence-electron chi connectivity index (χ2n) is 7.61. The first kappa shape index (κ1) is 23.2. The molecule has 0 saturated carbocycles. The van der Waals surface area contributed by atoms with Gasteiger partial charge in [0.25, 0.3) is 0 Å². The first-order valence-electron chi connectivity index (χ1n) is 10.5. The summed E-state index contributed by atoms with van der Waals surface area (Å²) in [6, 6.07) is 13.8. The van der Waals surface area contributed by atoms with Crippen molar-refractivity contribution in [2.24, 2.45) is 5.92 Å². The lowest BCUT2D eigenvalue weighted by Gasteiger charge is -2.31. The number of anilines is 1. The lowest BCUT2D eigenvalue weighted by Crippen LogP contribution is -2.43. The van der Waals surface area contributed by atoms with Gasteiger partial charge in [-0.1, -0.05) is 18.2 Å². The first-order valence-corrected chi connectivity index (χ1v) is 12.8. The standard InChI is InChI=1S/C23H25N3O5S2/c1-30-17-10-11-19(21(13-17)31-2)20-15-32-23(24-20)25-22(27)16-7-6-12-26(14-16)33(28,29)18-8-4-3-5-9-18/h3-5,8-11,13,15-16H,6-7,12,14H2,1-2H3,(H,24,25,27). The number of ether oxygens (including phenoxy) is 2. The van der Waals surface area contributed by atoms with Gasteiger partial charge in [0, 0.05) is 30.1 Å². The Bertz CT molecular complexity index is 1230. The van der Waals surface area contributed by atoms with Crippen LogP contribution in [0.1, 0.15) is 12.8 Å². The molecular formula is C23H25N3O5S2. The Labute approximate surface area is 197 Å². The molecule has 1 fully saturated rings. The summed E-state index contributed by atoms with van der Waals surface area (Å²) in [5.74, 6) is 0.615. The molecule has 2 aromatic carbocycles. The Morgan fingerprint density at radius 2 is 1.94 bits per heavy atom. The fraction of sp³-hybridized carbons (Fsp3) is 0.304. The summed E-state index contributed by atoms with van der Waals surface area (Å²) in [4.78, 5) is 17.7. The maximum atomic E-state index is 12.9. The Kier molecular flexibility index (Phi) is 6.96. The Balaban J connectivity index is 1.46. The van der Waals surface area contributed by atoms with Gasteiger partial charge < -0.3 is 14.8 Å². The van der Waals surface area contributed by atoms with Crippen molar-refractivity contribution >= 4 is 32.4 Å². The highest BCUT2D eigenvalue weighted by atomic mass is 32.2. The zero-order chi connectivity index (χ0) is 23.4. The topological polar surface area (TPSA) is 97.8 Å².